The lowest BCUT2D eigenvalue weighted by molar-refractivity contribution is -0.116. The molecule has 6 nitrogen and oxygen atoms in total. The molecular weight excluding hydrogens is 362 g/mol. The van der Waals surface area contributed by atoms with Crippen LogP contribution in [0.25, 0.3) is 0 Å². The fourth-order valence-corrected chi connectivity index (χ4v) is 3.71. The van der Waals surface area contributed by atoms with E-state index in [4.69, 9.17) is 5.26 Å². The largest absolute Gasteiger partial charge is 0.326 e. The molecule has 1 N–H and O–H groups in total. The van der Waals surface area contributed by atoms with E-state index in [-0.39, 0.29) is 24.8 Å². The Morgan fingerprint density at radius 2 is 1.89 bits per heavy atom. The van der Waals surface area contributed by atoms with Crippen molar-refractivity contribution >= 4 is 27.3 Å². The lowest BCUT2D eigenvalue weighted by atomic mass is 10.0. The molecule has 2 aromatic rings. The highest BCUT2D eigenvalue weighted by molar-refractivity contribution is 7.92. The van der Waals surface area contributed by atoms with Gasteiger partial charge >= 0.3 is 0 Å². The molecule has 0 aliphatic heterocycles. The molecule has 1 amide bonds. The number of carbonyl (C=O) groups excluding carboxylic acids is 1. The monoisotopic (exact) mass is 385 g/mol. The second kappa shape index (κ2) is 8.69. The Morgan fingerprint density at radius 1 is 1.19 bits per heavy atom. The van der Waals surface area contributed by atoms with E-state index in [1.54, 1.807) is 36.4 Å². The Bertz CT molecular complexity index is 962. The number of nitrogens with zero attached hydrogens (tertiary/aromatic N) is 2. The van der Waals surface area contributed by atoms with Crippen LogP contribution in [0, 0.1) is 11.3 Å². The van der Waals surface area contributed by atoms with E-state index in [9.17, 15) is 13.2 Å². The maximum Gasteiger partial charge on any atom is 0.232 e. The van der Waals surface area contributed by atoms with Crippen molar-refractivity contribution < 1.29 is 13.2 Å². The van der Waals surface area contributed by atoms with Gasteiger partial charge in [0.05, 0.1) is 23.6 Å². The molecule has 7 heteroatoms. The molecular formula is C20H23N3O3S. The van der Waals surface area contributed by atoms with E-state index < -0.39 is 10.0 Å². The van der Waals surface area contributed by atoms with E-state index in [0.29, 0.717) is 16.9 Å². The third-order valence-corrected chi connectivity index (χ3v) is 5.23. The molecule has 0 atom stereocenters. The van der Waals surface area contributed by atoms with Gasteiger partial charge in [-0.15, -0.1) is 0 Å². The number of para-hydroxylation sites is 1. The normalized spacial score (nSPS) is 11.1. The second-order valence-corrected chi connectivity index (χ2v) is 8.45. The molecule has 0 unspecified atom stereocenters. The predicted molar refractivity (Wildman–Crippen MR) is 107 cm³/mol. The highest BCUT2D eigenvalue weighted by Gasteiger charge is 2.22. The first-order valence-electron chi connectivity index (χ1n) is 8.59. The summed E-state index contributed by atoms with van der Waals surface area (Å²) >= 11 is 0. The zero-order valence-electron chi connectivity index (χ0n) is 15.6. The molecule has 2 rings (SSSR count). The zero-order chi connectivity index (χ0) is 20.0. The van der Waals surface area contributed by atoms with Crippen molar-refractivity contribution in [1.29, 1.82) is 5.26 Å². The number of sulfonamides is 1. The Balaban J connectivity index is 2.16. The molecule has 0 bridgehead atoms. The minimum Gasteiger partial charge on any atom is -0.326 e. The Hall–Kier alpha value is -2.85. The lowest BCUT2D eigenvalue weighted by Crippen LogP contribution is -2.33. The van der Waals surface area contributed by atoms with Crippen LogP contribution in [0.5, 0.6) is 0 Å². The number of benzene rings is 2. The van der Waals surface area contributed by atoms with E-state index in [1.165, 1.54) is 4.31 Å². The third-order valence-electron chi connectivity index (χ3n) is 4.05. The summed E-state index contributed by atoms with van der Waals surface area (Å²) in [6, 6.07) is 15.9. The van der Waals surface area contributed by atoms with Crippen molar-refractivity contribution in [2.75, 3.05) is 22.4 Å². The van der Waals surface area contributed by atoms with Gasteiger partial charge in [0.2, 0.25) is 15.9 Å². The number of nitriles is 1. The summed E-state index contributed by atoms with van der Waals surface area (Å²) in [5.41, 5.74) is 2.45. The van der Waals surface area contributed by atoms with Crippen molar-refractivity contribution in [2.45, 2.75) is 26.2 Å². The maximum absolute atomic E-state index is 12.3. The Morgan fingerprint density at radius 3 is 2.52 bits per heavy atom. The van der Waals surface area contributed by atoms with Crippen LogP contribution in [-0.4, -0.2) is 27.1 Å². The van der Waals surface area contributed by atoms with Crippen molar-refractivity contribution in [1.82, 2.24) is 0 Å². The number of anilines is 2. The summed E-state index contributed by atoms with van der Waals surface area (Å²) in [5.74, 6) is -0.172. The molecule has 0 radical (unpaired) electrons. The Labute approximate surface area is 160 Å². The summed E-state index contributed by atoms with van der Waals surface area (Å²) in [6.07, 6.45) is 1.13. The SMILES string of the molecule is CC(C)c1ccccc1N(CCC(=O)Nc1cccc(C#N)c1)S(C)(=O)=O. The number of rotatable bonds is 7. The number of amides is 1. The number of hydrogen-bond acceptors (Lipinski definition) is 4. The van der Waals surface area contributed by atoms with Gasteiger partial charge in [0.1, 0.15) is 0 Å². The molecule has 0 fully saturated rings. The maximum atomic E-state index is 12.3. The minimum atomic E-state index is -3.54. The first-order valence-corrected chi connectivity index (χ1v) is 10.4. The van der Waals surface area contributed by atoms with E-state index >= 15 is 0 Å². The quantitative estimate of drug-likeness (QED) is 0.790. The number of nitrogens with one attached hydrogen (secondary N) is 1. The van der Waals surface area contributed by atoms with Gasteiger partial charge in [0.15, 0.2) is 0 Å². The van der Waals surface area contributed by atoms with Crippen LogP contribution in [0.4, 0.5) is 11.4 Å². The smallest absolute Gasteiger partial charge is 0.232 e. The van der Waals surface area contributed by atoms with Gasteiger partial charge < -0.3 is 5.32 Å². The molecule has 0 saturated heterocycles. The van der Waals surface area contributed by atoms with Gasteiger partial charge in [-0.2, -0.15) is 5.26 Å². The van der Waals surface area contributed by atoms with Gasteiger partial charge in [-0.1, -0.05) is 38.1 Å². The first kappa shape index (κ1) is 20.5. The van der Waals surface area contributed by atoms with Crippen LogP contribution in [0.15, 0.2) is 48.5 Å². The van der Waals surface area contributed by atoms with Gasteiger partial charge in [0, 0.05) is 18.7 Å². The van der Waals surface area contributed by atoms with E-state index in [0.717, 1.165) is 11.8 Å². The van der Waals surface area contributed by atoms with Crippen LogP contribution >= 0.6 is 0 Å². The minimum absolute atomic E-state index is 0.00369. The first-order chi connectivity index (χ1) is 12.7. The molecule has 0 spiro atoms. The van der Waals surface area contributed by atoms with Gasteiger partial charge in [-0.3, -0.25) is 9.10 Å². The molecule has 2 aromatic carbocycles. The molecule has 0 aliphatic rings. The van der Waals surface area contributed by atoms with E-state index in [2.05, 4.69) is 5.32 Å². The fourth-order valence-electron chi connectivity index (χ4n) is 2.76. The van der Waals surface area contributed by atoms with E-state index in [1.807, 2.05) is 32.0 Å². The highest BCUT2D eigenvalue weighted by Crippen LogP contribution is 2.29. The van der Waals surface area contributed by atoms with Crippen LogP contribution in [-0.2, 0) is 14.8 Å². The third kappa shape index (κ3) is 5.56. The summed E-state index contributed by atoms with van der Waals surface area (Å²) < 4.78 is 25.9. The van der Waals surface area contributed by atoms with Gasteiger partial charge in [0.25, 0.3) is 0 Å². The molecule has 142 valence electrons. The standard InChI is InChI=1S/C20H23N3O3S/c1-15(2)18-9-4-5-10-19(18)23(27(3,25)26)12-11-20(24)22-17-8-6-7-16(13-17)14-21/h4-10,13,15H,11-12H2,1-3H3,(H,22,24). The topological polar surface area (TPSA) is 90.3 Å². The van der Waals surface area contributed by atoms with Crippen molar-refractivity contribution in [2.24, 2.45) is 0 Å². The van der Waals surface area contributed by atoms with Crippen molar-refractivity contribution in [3.05, 3.63) is 59.7 Å². The van der Waals surface area contributed by atoms with Gasteiger partial charge in [-0.05, 0) is 35.7 Å². The van der Waals surface area contributed by atoms with Crippen LogP contribution in [0.2, 0.25) is 0 Å². The summed E-state index contributed by atoms with van der Waals surface area (Å²) in [4.78, 5) is 12.3. The van der Waals surface area contributed by atoms with Crippen molar-refractivity contribution in [3.63, 3.8) is 0 Å². The predicted octanol–water partition coefficient (Wildman–Crippen LogP) is 3.48. The average Bonchev–Trinajstić information content (AvgIpc) is 2.61. The molecule has 0 saturated carbocycles. The number of carbonyl (C=O) groups is 1. The fraction of sp³-hybridized carbons (Fsp3) is 0.300. The average molecular weight is 385 g/mol. The Kier molecular flexibility index (Phi) is 6.59. The summed E-state index contributed by atoms with van der Waals surface area (Å²) in [7, 11) is -3.54. The van der Waals surface area contributed by atoms with Crippen LogP contribution in [0.3, 0.4) is 0 Å². The second-order valence-electron chi connectivity index (χ2n) is 6.54. The molecule has 0 aliphatic carbocycles. The molecule has 0 heterocycles. The van der Waals surface area contributed by atoms with Gasteiger partial charge in [-0.25, -0.2) is 8.42 Å². The summed E-state index contributed by atoms with van der Waals surface area (Å²) in [6.45, 7) is 4.02. The lowest BCUT2D eigenvalue weighted by Gasteiger charge is -2.26. The zero-order valence-corrected chi connectivity index (χ0v) is 16.5. The molecule has 27 heavy (non-hydrogen) atoms. The summed E-state index contributed by atoms with van der Waals surface area (Å²) in [5, 5.41) is 11.6. The van der Waals surface area contributed by atoms with Crippen LogP contribution < -0.4 is 9.62 Å². The van der Waals surface area contributed by atoms with Crippen molar-refractivity contribution in [3.8, 4) is 6.07 Å². The highest BCUT2D eigenvalue weighted by atomic mass is 32.2. The molecule has 0 aromatic heterocycles. The number of hydrogen-bond donors (Lipinski definition) is 1. The van der Waals surface area contributed by atoms with Crippen LogP contribution in [0.1, 0.15) is 37.3 Å².